The van der Waals surface area contributed by atoms with Gasteiger partial charge in [0, 0.05) is 32.8 Å². The van der Waals surface area contributed by atoms with Gasteiger partial charge in [-0.1, -0.05) is 6.08 Å². The van der Waals surface area contributed by atoms with Gasteiger partial charge in [-0.25, -0.2) is 0 Å². The molecule has 0 saturated carbocycles. The molecule has 1 fully saturated rings. The molecule has 0 aromatic carbocycles. The zero-order chi connectivity index (χ0) is 10.4. The van der Waals surface area contributed by atoms with Crippen molar-refractivity contribution in [1.82, 2.24) is 4.90 Å². The van der Waals surface area contributed by atoms with Gasteiger partial charge in [-0.05, 0) is 19.3 Å². The average Bonchev–Trinajstić information content (AvgIpc) is 2.26. The Morgan fingerprint density at radius 2 is 2.43 bits per heavy atom. The van der Waals surface area contributed by atoms with Gasteiger partial charge in [0.1, 0.15) is 0 Å². The van der Waals surface area contributed by atoms with E-state index in [0.29, 0.717) is 12.1 Å². The van der Waals surface area contributed by atoms with Crippen molar-refractivity contribution < 1.29 is 4.74 Å². The molecule has 3 nitrogen and oxygen atoms in total. The van der Waals surface area contributed by atoms with Crippen LogP contribution >= 0.6 is 0 Å². The van der Waals surface area contributed by atoms with E-state index in [9.17, 15) is 0 Å². The van der Waals surface area contributed by atoms with E-state index >= 15 is 0 Å². The van der Waals surface area contributed by atoms with E-state index < -0.39 is 0 Å². The van der Waals surface area contributed by atoms with Gasteiger partial charge in [-0.2, -0.15) is 0 Å². The average molecular weight is 198 g/mol. The summed E-state index contributed by atoms with van der Waals surface area (Å²) >= 11 is 0. The maximum absolute atomic E-state index is 5.76. The Kier molecular flexibility index (Phi) is 5.15. The van der Waals surface area contributed by atoms with E-state index in [-0.39, 0.29) is 0 Å². The Morgan fingerprint density at radius 3 is 3.00 bits per heavy atom. The molecule has 1 aliphatic rings. The van der Waals surface area contributed by atoms with Gasteiger partial charge in [-0.15, -0.1) is 6.58 Å². The molecule has 14 heavy (non-hydrogen) atoms. The molecule has 0 aliphatic carbocycles. The summed E-state index contributed by atoms with van der Waals surface area (Å²) in [4.78, 5) is 2.46. The lowest BCUT2D eigenvalue weighted by Crippen LogP contribution is -2.48. The van der Waals surface area contributed by atoms with Crippen LogP contribution in [0, 0.1) is 0 Å². The number of nitrogens with zero attached hydrogens (tertiary/aromatic N) is 1. The lowest BCUT2D eigenvalue weighted by molar-refractivity contribution is 0.0140. The molecule has 0 bridgehead atoms. The highest BCUT2D eigenvalue weighted by atomic mass is 16.5. The fourth-order valence-corrected chi connectivity index (χ4v) is 2.07. The molecule has 0 aromatic heterocycles. The Bertz CT molecular complexity index is 173. The number of hydrogen-bond donors (Lipinski definition) is 1. The minimum atomic E-state index is 0.406. The molecular weight excluding hydrogens is 176 g/mol. The van der Waals surface area contributed by atoms with Crippen LogP contribution in [0.4, 0.5) is 0 Å². The quantitative estimate of drug-likeness (QED) is 0.670. The maximum atomic E-state index is 5.76. The zero-order valence-electron chi connectivity index (χ0n) is 9.11. The molecule has 1 saturated heterocycles. The number of likely N-dealkylation sites (tertiary alicyclic amines) is 1. The van der Waals surface area contributed by atoms with Gasteiger partial charge in [0.2, 0.25) is 0 Å². The van der Waals surface area contributed by atoms with E-state index in [0.717, 1.165) is 38.9 Å². The summed E-state index contributed by atoms with van der Waals surface area (Å²) in [6.07, 6.45) is 5.63. The number of rotatable bonds is 5. The van der Waals surface area contributed by atoms with Crippen LogP contribution in [0.3, 0.4) is 0 Å². The first kappa shape index (κ1) is 11.7. The van der Waals surface area contributed by atoms with Crippen molar-refractivity contribution in [2.24, 2.45) is 5.73 Å². The van der Waals surface area contributed by atoms with E-state index in [1.807, 2.05) is 6.08 Å². The number of ether oxygens (including phenoxy) is 1. The fraction of sp³-hybridized carbons (Fsp3) is 0.818. The first-order valence-electron chi connectivity index (χ1n) is 5.39. The van der Waals surface area contributed by atoms with Crippen LogP contribution in [0.25, 0.3) is 0 Å². The van der Waals surface area contributed by atoms with Crippen molar-refractivity contribution >= 4 is 0 Å². The molecule has 0 amide bonds. The second kappa shape index (κ2) is 6.17. The molecule has 2 N–H and O–H groups in total. The summed E-state index contributed by atoms with van der Waals surface area (Å²) in [7, 11) is 1.79. The lowest BCUT2D eigenvalue weighted by Gasteiger charge is -2.38. The SMILES string of the molecule is C=CCCN1CCC(OC)CC1CN. The predicted octanol–water partition coefficient (Wildman–Crippen LogP) is 1.00. The summed E-state index contributed by atoms with van der Waals surface area (Å²) in [6.45, 7) is 6.67. The smallest absolute Gasteiger partial charge is 0.0599 e. The van der Waals surface area contributed by atoms with Gasteiger partial charge in [0.15, 0.2) is 0 Å². The van der Waals surface area contributed by atoms with Crippen LogP contribution in [0.15, 0.2) is 12.7 Å². The highest BCUT2D eigenvalue weighted by Crippen LogP contribution is 2.19. The van der Waals surface area contributed by atoms with Crippen molar-refractivity contribution in [2.45, 2.75) is 31.4 Å². The van der Waals surface area contributed by atoms with E-state index in [4.69, 9.17) is 10.5 Å². The Hall–Kier alpha value is -0.380. The topological polar surface area (TPSA) is 38.5 Å². The number of piperidine rings is 1. The maximum Gasteiger partial charge on any atom is 0.0599 e. The Balaban J connectivity index is 2.39. The first-order chi connectivity index (χ1) is 6.81. The second-order valence-corrected chi connectivity index (χ2v) is 3.88. The monoisotopic (exact) mass is 198 g/mol. The van der Waals surface area contributed by atoms with E-state index in [2.05, 4.69) is 11.5 Å². The molecule has 1 rings (SSSR count). The number of methoxy groups -OCH3 is 1. The zero-order valence-corrected chi connectivity index (χ0v) is 9.11. The molecule has 2 atom stereocenters. The molecule has 2 unspecified atom stereocenters. The minimum absolute atomic E-state index is 0.406. The van der Waals surface area contributed by atoms with Crippen LogP contribution in [-0.2, 0) is 4.74 Å². The highest BCUT2D eigenvalue weighted by molar-refractivity contribution is 4.84. The molecular formula is C11H22N2O. The summed E-state index contributed by atoms with van der Waals surface area (Å²) in [5, 5.41) is 0. The van der Waals surface area contributed by atoms with Crippen LogP contribution in [0.2, 0.25) is 0 Å². The van der Waals surface area contributed by atoms with Gasteiger partial charge in [0.25, 0.3) is 0 Å². The Morgan fingerprint density at radius 1 is 1.64 bits per heavy atom. The van der Waals surface area contributed by atoms with E-state index in [1.54, 1.807) is 7.11 Å². The summed E-state index contributed by atoms with van der Waals surface area (Å²) in [6, 6.07) is 0.494. The van der Waals surface area contributed by atoms with Crippen molar-refractivity contribution in [2.75, 3.05) is 26.7 Å². The molecule has 3 heteroatoms. The van der Waals surface area contributed by atoms with Gasteiger partial charge < -0.3 is 10.5 Å². The number of nitrogens with two attached hydrogens (primary N) is 1. The molecule has 0 spiro atoms. The molecule has 1 heterocycles. The van der Waals surface area contributed by atoms with Crippen LogP contribution < -0.4 is 5.73 Å². The van der Waals surface area contributed by atoms with Gasteiger partial charge in [0.05, 0.1) is 6.10 Å². The van der Waals surface area contributed by atoms with E-state index in [1.165, 1.54) is 0 Å². The minimum Gasteiger partial charge on any atom is -0.381 e. The summed E-state index contributed by atoms with van der Waals surface area (Å²) < 4.78 is 5.37. The lowest BCUT2D eigenvalue weighted by atomic mass is 9.99. The van der Waals surface area contributed by atoms with Gasteiger partial charge >= 0.3 is 0 Å². The van der Waals surface area contributed by atoms with Gasteiger partial charge in [-0.3, -0.25) is 4.90 Å². The van der Waals surface area contributed by atoms with Crippen LogP contribution in [-0.4, -0.2) is 43.8 Å². The normalized spacial score (nSPS) is 29.0. The molecule has 1 aliphatic heterocycles. The summed E-state index contributed by atoms with van der Waals surface area (Å²) in [5.41, 5.74) is 5.76. The molecule has 0 aromatic rings. The molecule has 0 radical (unpaired) electrons. The predicted molar refractivity (Wildman–Crippen MR) is 59.3 cm³/mol. The largest absolute Gasteiger partial charge is 0.381 e. The van der Waals surface area contributed by atoms with Crippen LogP contribution in [0.1, 0.15) is 19.3 Å². The van der Waals surface area contributed by atoms with Crippen LogP contribution in [0.5, 0.6) is 0 Å². The van der Waals surface area contributed by atoms with Crippen molar-refractivity contribution in [1.29, 1.82) is 0 Å². The third kappa shape index (κ3) is 3.08. The molecule has 82 valence electrons. The third-order valence-corrected chi connectivity index (χ3v) is 3.02. The fourth-order valence-electron chi connectivity index (χ4n) is 2.07. The second-order valence-electron chi connectivity index (χ2n) is 3.88. The third-order valence-electron chi connectivity index (χ3n) is 3.02. The van der Waals surface area contributed by atoms with Crippen molar-refractivity contribution in [3.8, 4) is 0 Å². The highest BCUT2D eigenvalue weighted by Gasteiger charge is 2.26. The van der Waals surface area contributed by atoms with Crippen molar-refractivity contribution in [3.05, 3.63) is 12.7 Å². The first-order valence-corrected chi connectivity index (χ1v) is 5.39. The van der Waals surface area contributed by atoms with Crippen molar-refractivity contribution in [3.63, 3.8) is 0 Å². The number of hydrogen-bond acceptors (Lipinski definition) is 3. The standard InChI is InChI=1S/C11H22N2O/c1-3-4-6-13-7-5-11(14-2)8-10(13)9-12/h3,10-11H,1,4-9,12H2,2H3. The Labute approximate surface area is 86.9 Å². The summed E-state index contributed by atoms with van der Waals surface area (Å²) in [5.74, 6) is 0.